The highest BCUT2D eigenvalue weighted by molar-refractivity contribution is 7.17. The van der Waals surface area contributed by atoms with Crippen LogP contribution in [-0.2, 0) is 4.74 Å². The molecule has 0 spiro atoms. The van der Waals surface area contributed by atoms with Gasteiger partial charge in [0.15, 0.2) is 0 Å². The van der Waals surface area contributed by atoms with E-state index in [0.29, 0.717) is 49.3 Å². The van der Waals surface area contributed by atoms with Gasteiger partial charge in [0.1, 0.15) is 0 Å². The second-order valence-electron chi connectivity index (χ2n) is 7.83. The molecule has 4 rings (SSSR count). The number of carbonyl (C=O) groups is 2. The van der Waals surface area contributed by atoms with Crippen molar-refractivity contribution in [2.75, 3.05) is 38.1 Å². The second-order valence-corrected chi connectivity index (χ2v) is 8.92. The first-order valence-corrected chi connectivity index (χ1v) is 12.0. The number of nitrogens with one attached hydrogen (secondary N) is 1. The smallest absolute Gasteiger partial charge is 0.409 e. The third-order valence-corrected chi connectivity index (χ3v) is 6.54. The Morgan fingerprint density at radius 2 is 1.91 bits per heavy atom. The molecule has 1 saturated heterocycles. The van der Waals surface area contributed by atoms with Crippen molar-refractivity contribution in [1.82, 2.24) is 19.8 Å². The van der Waals surface area contributed by atoms with Crippen LogP contribution in [0.4, 0.5) is 16.4 Å². The molecule has 2 amide bonds. The predicted molar refractivity (Wildman–Crippen MR) is 130 cm³/mol. The highest BCUT2D eigenvalue weighted by Gasteiger charge is 2.26. The van der Waals surface area contributed by atoms with Gasteiger partial charge in [0.25, 0.3) is 5.91 Å². The molecule has 1 aromatic carbocycles. The van der Waals surface area contributed by atoms with E-state index in [1.807, 2.05) is 30.3 Å². The third kappa shape index (κ3) is 5.52. The van der Waals surface area contributed by atoms with Crippen LogP contribution in [0.5, 0.6) is 0 Å². The van der Waals surface area contributed by atoms with Crippen molar-refractivity contribution in [3.8, 4) is 10.6 Å². The summed E-state index contributed by atoms with van der Waals surface area (Å²) in [6.45, 7) is 5.69. The van der Waals surface area contributed by atoms with Gasteiger partial charge in [-0.25, -0.2) is 14.8 Å². The van der Waals surface area contributed by atoms with Crippen molar-refractivity contribution in [2.45, 2.75) is 20.0 Å². The van der Waals surface area contributed by atoms with Crippen LogP contribution in [0.15, 0.2) is 48.7 Å². The molecule has 3 aromatic rings. The number of aliphatic hydroxyl groups excluding tert-OH is 1. The topological polar surface area (TPSA) is 108 Å². The summed E-state index contributed by atoms with van der Waals surface area (Å²) >= 11 is 1.38. The van der Waals surface area contributed by atoms with E-state index in [1.165, 1.54) is 11.3 Å². The Morgan fingerprint density at radius 3 is 2.65 bits per heavy atom. The molecular formula is C24H27N5O4S. The lowest BCUT2D eigenvalue weighted by molar-refractivity contribution is 0.0574. The zero-order valence-electron chi connectivity index (χ0n) is 19.1. The monoisotopic (exact) mass is 481 g/mol. The SMILES string of the molecule is CCOC(=O)N1CCN(C(=O)c2ccc(-c3ccnc(Nc4cccc(C(C)O)c4)n3)s2)CC1. The molecule has 2 aromatic heterocycles. The highest BCUT2D eigenvalue weighted by atomic mass is 32.1. The van der Waals surface area contributed by atoms with Crippen LogP contribution in [0.1, 0.15) is 35.2 Å². The van der Waals surface area contributed by atoms with Crippen molar-refractivity contribution >= 4 is 35.0 Å². The minimum absolute atomic E-state index is 0.0536. The van der Waals surface area contributed by atoms with Gasteiger partial charge in [0.05, 0.1) is 28.2 Å². The number of anilines is 2. The molecule has 178 valence electrons. The molecule has 1 fully saturated rings. The quantitative estimate of drug-likeness (QED) is 0.549. The van der Waals surface area contributed by atoms with Gasteiger partial charge in [-0.3, -0.25) is 4.79 Å². The molecule has 1 aliphatic heterocycles. The van der Waals surface area contributed by atoms with E-state index in [1.54, 1.807) is 42.0 Å². The van der Waals surface area contributed by atoms with Gasteiger partial charge in [-0.1, -0.05) is 12.1 Å². The number of amides is 2. The van der Waals surface area contributed by atoms with Gasteiger partial charge in [-0.2, -0.15) is 0 Å². The summed E-state index contributed by atoms with van der Waals surface area (Å²) in [5.41, 5.74) is 2.28. The van der Waals surface area contributed by atoms with E-state index in [-0.39, 0.29) is 12.0 Å². The summed E-state index contributed by atoms with van der Waals surface area (Å²) in [4.78, 5) is 38.6. The number of carbonyl (C=O) groups excluding carboxylic acids is 2. The van der Waals surface area contributed by atoms with E-state index >= 15 is 0 Å². The summed E-state index contributed by atoms with van der Waals surface area (Å²) in [6.07, 6.45) is 0.766. The Labute approximate surface area is 202 Å². The van der Waals surface area contributed by atoms with Gasteiger partial charge in [-0.15, -0.1) is 11.3 Å². The Hall–Kier alpha value is -3.50. The molecule has 10 heteroatoms. The second kappa shape index (κ2) is 10.6. The number of rotatable bonds is 6. The first-order chi connectivity index (χ1) is 16.4. The molecule has 2 N–H and O–H groups in total. The molecule has 1 unspecified atom stereocenters. The normalized spacial score (nSPS) is 14.6. The molecule has 9 nitrogen and oxygen atoms in total. The average molecular weight is 482 g/mol. The maximum Gasteiger partial charge on any atom is 0.409 e. The average Bonchev–Trinajstić information content (AvgIpc) is 3.35. The maximum atomic E-state index is 13.0. The van der Waals surface area contributed by atoms with Crippen LogP contribution in [0.3, 0.4) is 0 Å². The molecule has 0 radical (unpaired) electrons. The molecule has 0 saturated carbocycles. The fraction of sp³-hybridized carbons (Fsp3) is 0.333. The zero-order valence-corrected chi connectivity index (χ0v) is 19.9. The number of aromatic nitrogens is 2. The summed E-state index contributed by atoms with van der Waals surface area (Å²) in [5.74, 6) is 0.374. The van der Waals surface area contributed by atoms with E-state index in [9.17, 15) is 14.7 Å². The minimum Gasteiger partial charge on any atom is -0.450 e. The van der Waals surface area contributed by atoms with Gasteiger partial charge in [-0.05, 0) is 49.7 Å². The number of hydrogen-bond acceptors (Lipinski definition) is 8. The number of thiophene rings is 1. The summed E-state index contributed by atoms with van der Waals surface area (Å²) in [6, 6.07) is 12.9. The van der Waals surface area contributed by atoms with Crippen molar-refractivity contribution in [1.29, 1.82) is 0 Å². The van der Waals surface area contributed by atoms with Crippen molar-refractivity contribution in [3.63, 3.8) is 0 Å². The summed E-state index contributed by atoms with van der Waals surface area (Å²) in [7, 11) is 0. The minimum atomic E-state index is -0.566. The Kier molecular flexibility index (Phi) is 7.39. The Morgan fingerprint density at radius 1 is 1.15 bits per heavy atom. The van der Waals surface area contributed by atoms with Crippen LogP contribution in [0.25, 0.3) is 10.6 Å². The molecular weight excluding hydrogens is 454 g/mol. The van der Waals surface area contributed by atoms with Crippen LogP contribution >= 0.6 is 11.3 Å². The lowest BCUT2D eigenvalue weighted by Gasteiger charge is -2.33. The van der Waals surface area contributed by atoms with Gasteiger partial charge in [0.2, 0.25) is 5.95 Å². The molecule has 0 bridgehead atoms. The summed E-state index contributed by atoms with van der Waals surface area (Å²) in [5, 5.41) is 13.0. The number of piperazine rings is 1. The Balaban J connectivity index is 1.42. The largest absolute Gasteiger partial charge is 0.450 e. The van der Waals surface area contributed by atoms with Gasteiger partial charge in [0, 0.05) is 38.1 Å². The first kappa shape index (κ1) is 23.7. The van der Waals surface area contributed by atoms with Gasteiger partial charge >= 0.3 is 6.09 Å². The lowest BCUT2D eigenvalue weighted by Crippen LogP contribution is -2.50. The number of aliphatic hydroxyl groups is 1. The molecule has 1 atom stereocenters. The van der Waals surface area contributed by atoms with E-state index in [4.69, 9.17) is 4.74 Å². The maximum absolute atomic E-state index is 13.0. The number of hydrogen-bond donors (Lipinski definition) is 2. The van der Waals surface area contributed by atoms with Gasteiger partial charge < -0.3 is 25.0 Å². The van der Waals surface area contributed by atoms with Crippen molar-refractivity contribution in [3.05, 3.63) is 59.1 Å². The van der Waals surface area contributed by atoms with Crippen molar-refractivity contribution in [2.24, 2.45) is 0 Å². The number of benzene rings is 1. The molecule has 1 aliphatic rings. The first-order valence-electron chi connectivity index (χ1n) is 11.1. The lowest BCUT2D eigenvalue weighted by atomic mass is 10.1. The summed E-state index contributed by atoms with van der Waals surface area (Å²) < 4.78 is 5.03. The fourth-order valence-corrected chi connectivity index (χ4v) is 4.56. The van der Waals surface area contributed by atoms with Crippen LogP contribution in [0, 0.1) is 0 Å². The zero-order chi connectivity index (χ0) is 24.1. The fourth-order valence-electron chi connectivity index (χ4n) is 3.61. The van der Waals surface area contributed by atoms with E-state index in [0.717, 1.165) is 16.1 Å². The van der Waals surface area contributed by atoms with E-state index in [2.05, 4.69) is 15.3 Å². The number of nitrogens with zero attached hydrogens (tertiary/aromatic N) is 4. The van der Waals surface area contributed by atoms with Crippen LogP contribution < -0.4 is 5.32 Å². The van der Waals surface area contributed by atoms with E-state index < -0.39 is 6.10 Å². The van der Waals surface area contributed by atoms with Crippen molar-refractivity contribution < 1.29 is 19.4 Å². The Bertz CT molecular complexity index is 1160. The molecule has 34 heavy (non-hydrogen) atoms. The molecule has 0 aliphatic carbocycles. The predicted octanol–water partition coefficient (Wildman–Crippen LogP) is 3.92. The third-order valence-electron chi connectivity index (χ3n) is 5.44. The molecule has 3 heterocycles. The van der Waals surface area contributed by atoms with Crippen LogP contribution in [0.2, 0.25) is 0 Å². The van der Waals surface area contributed by atoms with Crippen LogP contribution in [-0.4, -0.2) is 69.7 Å². The number of ether oxygens (including phenoxy) is 1. The highest BCUT2D eigenvalue weighted by Crippen LogP contribution is 2.29. The standard InChI is InChI=1S/C24H27N5O4S/c1-3-33-24(32)29-13-11-28(12-14-29)22(31)21-8-7-20(34-21)19-9-10-25-23(27-19)26-18-6-4-5-17(15-18)16(2)30/h4-10,15-16,30H,3,11-14H2,1-2H3,(H,25,26,27).